The largest absolute Gasteiger partial charge is 0.393 e. The number of rotatable bonds is 12. The average molecular weight is 591 g/mol. The molecule has 0 aromatic heterocycles. The second-order valence-electron chi connectivity index (χ2n) is 15.8. The van der Waals surface area contributed by atoms with Crippen LogP contribution in [0.15, 0.2) is 59.8 Å². The first kappa shape index (κ1) is 35.6. The molecule has 0 bridgehead atoms. The second kappa shape index (κ2) is 14.5. The van der Waals surface area contributed by atoms with E-state index < -0.39 is 0 Å². The third kappa shape index (κ3) is 9.32. The molecule has 3 heteroatoms. The zero-order valence-corrected chi connectivity index (χ0v) is 29.0. The van der Waals surface area contributed by atoms with E-state index in [1.54, 1.807) is 0 Å². The van der Waals surface area contributed by atoms with E-state index in [9.17, 15) is 10.2 Å². The molecule has 2 aliphatic carbocycles. The molecule has 0 radical (unpaired) electrons. The molecule has 0 amide bonds. The molecule has 1 heterocycles. The van der Waals surface area contributed by atoms with Crippen LogP contribution in [-0.2, 0) is 4.74 Å². The predicted octanol–water partition coefficient (Wildman–Crippen LogP) is 9.53. The lowest BCUT2D eigenvalue weighted by atomic mass is 9.63. The number of epoxide rings is 1. The van der Waals surface area contributed by atoms with Gasteiger partial charge in [-0.25, -0.2) is 0 Å². The first-order chi connectivity index (χ1) is 20.0. The normalized spacial score (nSPS) is 33.0. The van der Waals surface area contributed by atoms with Gasteiger partial charge in [-0.15, -0.1) is 0 Å². The lowest BCUT2D eigenvalue weighted by molar-refractivity contribution is 0.0513. The number of fused-ring (bicyclic) bond motifs is 1. The highest BCUT2D eigenvalue weighted by molar-refractivity contribution is 5.40. The van der Waals surface area contributed by atoms with Crippen molar-refractivity contribution in [1.82, 2.24) is 0 Å². The lowest BCUT2D eigenvalue weighted by Crippen LogP contribution is -2.46. The van der Waals surface area contributed by atoms with Crippen molar-refractivity contribution in [3.63, 3.8) is 0 Å². The van der Waals surface area contributed by atoms with Crippen molar-refractivity contribution in [3.05, 3.63) is 59.8 Å². The van der Waals surface area contributed by atoms with Gasteiger partial charge in [0.1, 0.15) is 11.2 Å². The van der Waals surface area contributed by atoms with Gasteiger partial charge in [0.05, 0.1) is 12.2 Å². The molecule has 0 aromatic carbocycles. The maximum Gasteiger partial charge on any atom is 0.121 e. The van der Waals surface area contributed by atoms with Crippen molar-refractivity contribution in [2.45, 2.75) is 144 Å². The highest BCUT2D eigenvalue weighted by Gasteiger charge is 2.74. The summed E-state index contributed by atoms with van der Waals surface area (Å²) in [6.45, 7) is 22.2. The van der Waals surface area contributed by atoms with Gasteiger partial charge >= 0.3 is 0 Å². The summed E-state index contributed by atoms with van der Waals surface area (Å²) < 4.78 is 6.30. The Morgan fingerprint density at radius 2 is 1.47 bits per heavy atom. The first-order valence-corrected chi connectivity index (χ1v) is 17.0. The molecule has 0 spiro atoms. The van der Waals surface area contributed by atoms with E-state index >= 15 is 0 Å². The number of aliphatic hydroxyl groups is 2. The van der Waals surface area contributed by atoms with Gasteiger partial charge in [-0.1, -0.05) is 121 Å². The van der Waals surface area contributed by atoms with Crippen LogP contribution in [0.3, 0.4) is 0 Å². The van der Waals surface area contributed by atoms with Crippen molar-refractivity contribution in [2.24, 2.45) is 34.5 Å². The Balaban J connectivity index is 1.35. The number of allylic oxidation sites excluding steroid dienone is 8. The van der Waals surface area contributed by atoms with Crippen LogP contribution in [0.2, 0.25) is 0 Å². The van der Waals surface area contributed by atoms with Crippen molar-refractivity contribution in [3.8, 4) is 11.8 Å². The summed E-state index contributed by atoms with van der Waals surface area (Å²) in [7, 11) is 0. The molecule has 240 valence electrons. The number of aliphatic hydroxyl groups excluding tert-OH is 2. The summed E-state index contributed by atoms with van der Waals surface area (Å²) in [5.74, 6) is 8.67. The molecule has 3 rings (SSSR count). The third-order valence-corrected chi connectivity index (χ3v) is 10.2. The molecule has 3 aliphatic rings. The molecule has 2 fully saturated rings. The molecule has 1 saturated carbocycles. The summed E-state index contributed by atoms with van der Waals surface area (Å²) in [4.78, 5) is 0. The van der Waals surface area contributed by atoms with Crippen molar-refractivity contribution >= 4 is 0 Å². The van der Waals surface area contributed by atoms with Crippen LogP contribution in [0.5, 0.6) is 0 Å². The minimum atomic E-state index is -0.259. The van der Waals surface area contributed by atoms with E-state index in [1.165, 1.54) is 30.4 Å². The predicted molar refractivity (Wildman–Crippen MR) is 182 cm³/mol. The fourth-order valence-electron chi connectivity index (χ4n) is 7.72. The van der Waals surface area contributed by atoms with E-state index in [0.29, 0.717) is 17.8 Å². The summed E-state index contributed by atoms with van der Waals surface area (Å²) in [6, 6.07) is 0. The Labute approximate surface area is 264 Å². The Morgan fingerprint density at radius 1 is 0.837 bits per heavy atom. The molecule has 2 N–H and O–H groups in total. The van der Waals surface area contributed by atoms with Crippen LogP contribution in [-0.4, -0.2) is 33.6 Å². The standard InChI is InChI=1S/C40H62O3/c1-29(17-13-19-31(3)21-22-36-33(5)25-34(41)26-37(36,6)7)15-11-12-16-30(2)18-14-20-32(4)23-24-40-38(8,9)27-35(42)28-39(40,10)43-40/h11-13,15-16,19,23-24,29-32,34-35,41-42H,14,17-18,20,25-28H2,1-10H3/b15-11+,16-12+,19-13+,24-23+/t29?,30?,31?,32?,34-,35+,39-,40+/m1/s1. The summed E-state index contributed by atoms with van der Waals surface area (Å²) in [5.41, 5.74) is 1.92. The second-order valence-corrected chi connectivity index (χ2v) is 15.8. The van der Waals surface area contributed by atoms with Crippen LogP contribution in [0.1, 0.15) is 121 Å². The molecule has 1 saturated heterocycles. The average Bonchev–Trinajstić information content (AvgIpc) is 3.49. The van der Waals surface area contributed by atoms with E-state index in [1.807, 2.05) is 0 Å². The third-order valence-electron chi connectivity index (χ3n) is 10.2. The van der Waals surface area contributed by atoms with Crippen LogP contribution in [0.4, 0.5) is 0 Å². The first-order valence-electron chi connectivity index (χ1n) is 17.0. The topological polar surface area (TPSA) is 53.0 Å². The quantitative estimate of drug-likeness (QED) is 0.103. The van der Waals surface area contributed by atoms with Crippen molar-refractivity contribution in [1.29, 1.82) is 0 Å². The number of hydrogen-bond acceptors (Lipinski definition) is 3. The van der Waals surface area contributed by atoms with Crippen LogP contribution in [0, 0.1) is 46.3 Å². The minimum Gasteiger partial charge on any atom is -0.393 e. The smallest absolute Gasteiger partial charge is 0.121 e. The van der Waals surface area contributed by atoms with E-state index in [2.05, 4.69) is 130 Å². The highest BCUT2D eigenvalue weighted by atomic mass is 16.6. The van der Waals surface area contributed by atoms with Gasteiger partial charge in [-0.2, -0.15) is 0 Å². The molecule has 4 unspecified atom stereocenters. The molecule has 43 heavy (non-hydrogen) atoms. The summed E-state index contributed by atoms with van der Waals surface area (Å²) in [5, 5.41) is 20.4. The van der Waals surface area contributed by atoms with Crippen molar-refractivity contribution in [2.75, 3.05) is 0 Å². The zero-order valence-electron chi connectivity index (χ0n) is 29.0. The van der Waals surface area contributed by atoms with Crippen LogP contribution < -0.4 is 0 Å². The van der Waals surface area contributed by atoms with Gasteiger partial charge in [0.15, 0.2) is 0 Å². The molecule has 8 atom stereocenters. The zero-order chi connectivity index (χ0) is 32.1. The lowest BCUT2D eigenvalue weighted by Gasteiger charge is -2.39. The van der Waals surface area contributed by atoms with Gasteiger partial charge in [0, 0.05) is 28.7 Å². The minimum absolute atomic E-state index is 0.0424. The van der Waals surface area contributed by atoms with E-state index in [0.717, 1.165) is 32.1 Å². The van der Waals surface area contributed by atoms with Gasteiger partial charge in [-0.05, 0) is 77.0 Å². The summed E-state index contributed by atoms with van der Waals surface area (Å²) >= 11 is 0. The molecular weight excluding hydrogens is 528 g/mol. The van der Waals surface area contributed by atoms with Crippen LogP contribution in [0.25, 0.3) is 0 Å². The molecule has 1 aliphatic heterocycles. The SMILES string of the molecule is CC1=C(C#CC(C)/C=C/CC(C)/C=C/C=C/C(C)CCCC(C)/C=C/[C@@]23O[C@]2(C)C[C@@H](O)CC3(C)C)C(C)(C)C[C@H](O)C1. The highest BCUT2D eigenvalue weighted by Crippen LogP contribution is 2.66. The van der Waals surface area contributed by atoms with E-state index in [-0.39, 0.29) is 40.2 Å². The van der Waals surface area contributed by atoms with E-state index in [4.69, 9.17) is 4.74 Å². The molecule has 0 aromatic rings. The number of hydrogen-bond donors (Lipinski definition) is 2. The maximum absolute atomic E-state index is 10.3. The Hall–Kier alpha value is -1.86. The monoisotopic (exact) mass is 590 g/mol. The van der Waals surface area contributed by atoms with Gasteiger partial charge < -0.3 is 14.9 Å². The fraction of sp³-hybridized carbons (Fsp3) is 0.700. The Morgan fingerprint density at radius 3 is 2.09 bits per heavy atom. The van der Waals surface area contributed by atoms with Gasteiger partial charge in [0.25, 0.3) is 0 Å². The van der Waals surface area contributed by atoms with Gasteiger partial charge in [0.2, 0.25) is 0 Å². The summed E-state index contributed by atoms with van der Waals surface area (Å²) in [6.07, 6.45) is 25.4. The maximum atomic E-state index is 10.3. The molecule has 3 nitrogen and oxygen atoms in total. The Bertz CT molecular complexity index is 1150. The number of ether oxygens (including phenoxy) is 1. The van der Waals surface area contributed by atoms with Gasteiger partial charge in [-0.3, -0.25) is 0 Å². The molecular formula is C40H62O3. The fourth-order valence-corrected chi connectivity index (χ4v) is 7.72. The van der Waals surface area contributed by atoms with Crippen molar-refractivity contribution < 1.29 is 14.9 Å². The van der Waals surface area contributed by atoms with Crippen LogP contribution >= 0.6 is 0 Å². The Kier molecular flexibility index (Phi) is 12.0.